The van der Waals surface area contributed by atoms with E-state index in [0.717, 1.165) is 38.2 Å². The number of aromatic nitrogens is 3. The second-order valence-corrected chi connectivity index (χ2v) is 6.61. The van der Waals surface area contributed by atoms with Crippen molar-refractivity contribution in [2.45, 2.75) is 52.4 Å². The van der Waals surface area contributed by atoms with Gasteiger partial charge in [0.15, 0.2) is 5.82 Å². The molecule has 0 aliphatic carbocycles. The van der Waals surface area contributed by atoms with Crippen LogP contribution in [0, 0.1) is 11.8 Å². The Morgan fingerprint density at radius 3 is 2.68 bits per heavy atom. The molecule has 1 aromatic rings. The first-order chi connectivity index (χ1) is 10.5. The highest BCUT2D eigenvalue weighted by atomic mass is 16.1. The van der Waals surface area contributed by atoms with E-state index in [4.69, 9.17) is 0 Å². The summed E-state index contributed by atoms with van der Waals surface area (Å²) in [5, 5.41) is 10.8. The Morgan fingerprint density at radius 2 is 2.09 bits per heavy atom. The van der Waals surface area contributed by atoms with Gasteiger partial charge in [-0.25, -0.2) is 4.68 Å². The van der Waals surface area contributed by atoms with Crippen molar-refractivity contribution >= 4 is 11.9 Å². The molecule has 124 valence electrons. The van der Waals surface area contributed by atoms with Crippen LogP contribution in [0.25, 0.3) is 0 Å². The summed E-state index contributed by atoms with van der Waals surface area (Å²) in [6.45, 7) is 8.49. The fraction of sp³-hybridized carbons (Fsp3) is 0.812. The summed E-state index contributed by atoms with van der Waals surface area (Å²) < 4.78 is 1.69. The number of anilines is 1. The summed E-state index contributed by atoms with van der Waals surface area (Å²) in [4.78, 5) is 16.8. The molecule has 2 heterocycles. The van der Waals surface area contributed by atoms with Gasteiger partial charge in [-0.3, -0.25) is 10.1 Å². The first kappa shape index (κ1) is 16.9. The van der Waals surface area contributed by atoms with Crippen LogP contribution in [0.15, 0.2) is 0 Å². The third kappa shape index (κ3) is 4.29. The number of aryl methyl sites for hydroxylation is 1. The van der Waals surface area contributed by atoms with E-state index in [1.165, 1.54) is 0 Å². The zero-order chi connectivity index (χ0) is 16.1. The van der Waals surface area contributed by atoms with Gasteiger partial charge < -0.3 is 5.32 Å². The summed E-state index contributed by atoms with van der Waals surface area (Å²) in [7, 11) is 1.84. The Bertz CT molecular complexity index is 491. The molecule has 1 atom stereocenters. The standard InChI is InChI=1S/C16H29N5O/c1-5-12(11(2)3)10-14(22)18-16-19-15(20-21(16)4)13-6-8-17-9-7-13/h11-13,17H,5-10H2,1-4H3,(H,18,19,20,22). The predicted molar refractivity (Wildman–Crippen MR) is 87.7 cm³/mol. The van der Waals surface area contributed by atoms with E-state index >= 15 is 0 Å². The molecule has 1 aliphatic heterocycles. The van der Waals surface area contributed by atoms with E-state index < -0.39 is 0 Å². The van der Waals surface area contributed by atoms with Gasteiger partial charge in [-0.1, -0.05) is 27.2 Å². The molecule has 0 saturated carbocycles. The van der Waals surface area contributed by atoms with Crippen molar-refractivity contribution in [1.82, 2.24) is 20.1 Å². The lowest BCUT2D eigenvalue weighted by Gasteiger charge is -2.19. The van der Waals surface area contributed by atoms with Gasteiger partial charge in [0, 0.05) is 19.4 Å². The van der Waals surface area contributed by atoms with Crippen LogP contribution in [-0.4, -0.2) is 33.8 Å². The molecule has 0 bridgehead atoms. The molecule has 1 aromatic heterocycles. The molecule has 1 fully saturated rings. The molecule has 2 N–H and O–H groups in total. The first-order valence-corrected chi connectivity index (χ1v) is 8.42. The molecule has 0 aromatic carbocycles. The third-order valence-corrected chi connectivity index (χ3v) is 4.65. The molecular weight excluding hydrogens is 278 g/mol. The number of amides is 1. The van der Waals surface area contributed by atoms with Crippen molar-refractivity contribution in [3.63, 3.8) is 0 Å². The molecule has 0 radical (unpaired) electrons. The minimum absolute atomic E-state index is 0.0351. The monoisotopic (exact) mass is 307 g/mol. The van der Waals surface area contributed by atoms with Crippen molar-refractivity contribution < 1.29 is 4.79 Å². The van der Waals surface area contributed by atoms with Crippen LogP contribution >= 0.6 is 0 Å². The molecule has 6 heteroatoms. The Hall–Kier alpha value is -1.43. The van der Waals surface area contributed by atoms with E-state index in [0.29, 0.717) is 30.1 Å². The average molecular weight is 307 g/mol. The summed E-state index contributed by atoms with van der Waals surface area (Å²) in [6, 6.07) is 0. The highest BCUT2D eigenvalue weighted by molar-refractivity contribution is 5.89. The SMILES string of the molecule is CCC(CC(=O)Nc1nc(C2CCNCC2)nn1C)C(C)C. The second kappa shape index (κ2) is 7.72. The number of hydrogen-bond acceptors (Lipinski definition) is 4. The Morgan fingerprint density at radius 1 is 1.41 bits per heavy atom. The first-order valence-electron chi connectivity index (χ1n) is 8.42. The predicted octanol–water partition coefficient (Wildman–Crippen LogP) is 2.29. The number of hydrogen-bond donors (Lipinski definition) is 2. The Labute approximate surface area is 133 Å². The lowest BCUT2D eigenvalue weighted by atomic mass is 9.90. The molecule has 6 nitrogen and oxygen atoms in total. The maximum absolute atomic E-state index is 12.2. The minimum atomic E-state index is 0.0351. The van der Waals surface area contributed by atoms with E-state index in [1.54, 1.807) is 4.68 Å². The van der Waals surface area contributed by atoms with Gasteiger partial charge >= 0.3 is 0 Å². The van der Waals surface area contributed by atoms with Crippen molar-refractivity contribution in [3.8, 4) is 0 Å². The average Bonchev–Trinajstić information content (AvgIpc) is 2.86. The lowest BCUT2D eigenvalue weighted by Crippen LogP contribution is -2.27. The largest absolute Gasteiger partial charge is 0.317 e. The summed E-state index contributed by atoms with van der Waals surface area (Å²) in [6.07, 6.45) is 3.68. The minimum Gasteiger partial charge on any atom is -0.317 e. The van der Waals surface area contributed by atoms with E-state index in [1.807, 2.05) is 7.05 Å². The fourth-order valence-corrected chi connectivity index (χ4v) is 3.03. The lowest BCUT2D eigenvalue weighted by molar-refractivity contribution is -0.117. The maximum atomic E-state index is 12.2. The quantitative estimate of drug-likeness (QED) is 0.846. The van der Waals surface area contributed by atoms with E-state index in [-0.39, 0.29) is 5.91 Å². The highest BCUT2D eigenvalue weighted by Gasteiger charge is 2.22. The molecule has 1 saturated heterocycles. The number of carbonyl (C=O) groups excluding carboxylic acids is 1. The third-order valence-electron chi connectivity index (χ3n) is 4.65. The van der Waals surface area contributed by atoms with Gasteiger partial charge in [-0.2, -0.15) is 10.1 Å². The number of piperidine rings is 1. The smallest absolute Gasteiger partial charge is 0.227 e. The van der Waals surface area contributed by atoms with Gasteiger partial charge in [-0.05, 0) is 37.8 Å². The van der Waals surface area contributed by atoms with Crippen molar-refractivity contribution in [3.05, 3.63) is 5.82 Å². The van der Waals surface area contributed by atoms with Crippen LogP contribution in [-0.2, 0) is 11.8 Å². The zero-order valence-electron chi connectivity index (χ0n) is 14.2. The van der Waals surface area contributed by atoms with Crippen molar-refractivity contribution in [2.75, 3.05) is 18.4 Å². The number of rotatable bonds is 6. The normalized spacial score (nSPS) is 17.7. The molecule has 1 aliphatic rings. The second-order valence-electron chi connectivity index (χ2n) is 6.61. The molecule has 1 unspecified atom stereocenters. The summed E-state index contributed by atoms with van der Waals surface area (Å²) >= 11 is 0. The topological polar surface area (TPSA) is 71.8 Å². The Kier molecular flexibility index (Phi) is 5.94. The summed E-state index contributed by atoms with van der Waals surface area (Å²) in [5.41, 5.74) is 0. The van der Waals surface area contributed by atoms with Crippen LogP contribution in [0.2, 0.25) is 0 Å². The molecule has 2 rings (SSSR count). The van der Waals surface area contributed by atoms with Gasteiger partial charge in [-0.15, -0.1) is 0 Å². The summed E-state index contributed by atoms with van der Waals surface area (Å²) in [5.74, 6) is 2.79. The van der Waals surface area contributed by atoms with E-state index in [9.17, 15) is 4.79 Å². The fourth-order valence-electron chi connectivity index (χ4n) is 3.03. The number of carbonyl (C=O) groups is 1. The van der Waals surface area contributed by atoms with Gasteiger partial charge in [0.25, 0.3) is 0 Å². The van der Waals surface area contributed by atoms with Gasteiger partial charge in [0.05, 0.1) is 0 Å². The van der Waals surface area contributed by atoms with Gasteiger partial charge in [0.2, 0.25) is 11.9 Å². The van der Waals surface area contributed by atoms with Crippen LogP contribution in [0.1, 0.15) is 58.2 Å². The Balaban J connectivity index is 1.97. The zero-order valence-corrected chi connectivity index (χ0v) is 14.2. The highest BCUT2D eigenvalue weighted by Crippen LogP contribution is 2.24. The van der Waals surface area contributed by atoms with Crippen molar-refractivity contribution in [1.29, 1.82) is 0 Å². The molecule has 22 heavy (non-hydrogen) atoms. The maximum Gasteiger partial charge on any atom is 0.227 e. The number of nitrogens with one attached hydrogen (secondary N) is 2. The van der Waals surface area contributed by atoms with Crippen LogP contribution in [0.3, 0.4) is 0 Å². The van der Waals surface area contributed by atoms with Crippen LogP contribution in [0.4, 0.5) is 5.95 Å². The van der Waals surface area contributed by atoms with Gasteiger partial charge in [0.1, 0.15) is 0 Å². The molecule has 0 spiro atoms. The molecular formula is C16H29N5O. The number of nitrogens with zero attached hydrogens (tertiary/aromatic N) is 3. The van der Waals surface area contributed by atoms with Crippen LogP contribution in [0.5, 0.6) is 0 Å². The van der Waals surface area contributed by atoms with Crippen molar-refractivity contribution in [2.24, 2.45) is 18.9 Å². The van der Waals surface area contributed by atoms with Crippen LogP contribution < -0.4 is 10.6 Å². The molecule has 1 amide bonds. The van der Waals surface area contributed by atoms with E-state index in [2.05, 4.69) is 41.5 Å².